The maximum atomic E-state index is 12.6. The molecule has 0 spiro atoms. The number of nitrogens with two attached hydrogens (primary N) is 1. The molecular weight excluding hydrogens is 416 g/mol. The van der Waals surface area contributed by atoms with Crippen molar-refractivity contribution in [1.29, 1.82) is 0 Å². The van der Waals surface area contributed by atoms with Gasteiger partial charge in [-0.1, -0.05) is 23.7 Å². The van der Waals surface area contributed by atoms with E-state index in [9.17, 15) is 4.79 Å². The van der Waals surface area contributed by atoms with Crippen LogP contribution in [0.2, 0.25) is 5.02 Å². The van der Waals surface area contributed by atoms with Gasteiger partial charge in [0.15, 0.2) is 0 Å². The van der Waals surface area contributed by atoms with Crippen molar-refractivity contribution in [3.63, 3.8) is 0 Å². The molecule has 0 aromatic heterocycles. The Bertz CT molecular complexity index is 980. The second kappa shape index (κ2) is 9.23. The molecule has 8 nitrogen and oxygen atoms in total. The zero-order valence-electron chi connectivity index (χ0n) is 17.6. The zero-order valence-corrected chi connectivity index (χ0v) is 18.3. The number of benzene rings is 2. The van der Waals surface area contributed by atoms with E-state index >= 15 is 0 Å². The van der Waals surface area contributed by atoms with Crippen LogP contribution < -0.4 is 31.5 Å². The van der Waals surface area contributed by atoms with Crippen LogP contribution in [0.1, 0.15) is 24.5 Å². The summed E-state index contributed by atoms with van der Waals surface area (Å²) in [5, 5.41) is 3.51. The SMILES string of the molecule is COc1ccc2c(c1)C(c1ccc(Cl)cc1)=NC(CC(=O)NCCN)C1NNC(C)N21. The van der Waals surface area contributed by atoms with E-state index in [1.165, 1.54) is 0 Å². The van der Waals surface area contributed by atoms with E-state index in [1.54, 1.807) is 7.11 Å². The van der Waals surface area contributed by atoms with E-state index in [0.717, 1.165) is 28.3 Å². The second-order valence-corrected chi connectivity index (χ2v) is 8.03. The molecule has 0 bridgehead atoms. The summed E-state index contributed by atoms with van der Waals surface area (Å²) in [5.41, 5.74) is 15.8. The van der Waals surface area contributed by atoms with Crippen molar-refractivity contribution in [3.05, 3.63) is 58.6 Å². The Labute approximate surface area is 186 Å². The monoisotopic (exact) mass is 442 g/mol. The van der Waals surface area contributed by atoms with E-state index in [0.29, 0.717) is 18.1 Å². The van der Waals surface area contributed by atoms with Gasteiger partial charge in [-0.25, -0.2) is 10.9 Å². The molecule has 1 saturated heterocycles. The van der Waals surface area contributed by atoms with Crippen LogP contribution in [0.5, 0.6) is 5.75 Å². The highest BCUT2D eigenvalue weighted by atomic mass is 35.5. The first-order chi connectivity index (χ1) is 15.0. The topological polar surface area (TPSA) is 104 Å². The molecule has 0 radical (unpaired) electrons. The molecule has 1 fully saturated rings. The third-order valence-electron chi connectivity index (χ3n) is 5.53. The van der Waals surface area contributed by atoms with E-state index in [4.69, 9.17) is 27.1 Å². The van der Waals surface area contributed by atoms with Crippen molar-refractivity contribution in [3.8, 4) is 5.75 Å². The van der Waals surface area contributed by atoms with Gasteiger partial charge in [-0.2, -0.15) is 0 Å². The minimum Gasteiger partial charge on any atom is -0.497 e. The molecule has 2 aliphatic heterocycles. The molecule has 3 unspecified atom stereocenters. The highest BCUT2D eigenvalue weighted by Gasteiger charge is 2.40. The minimum absolute atomic E-state index is 0.00603. The van der Waals surface area contributed by atoms with Crippen molar-refractivity contribution in [2.45, 2.75) is 31.7 Å². The predicted octanol–water partition coefficient (Wildman–Crippen LogP) is 1.62. The van der Waals surface area contributed by atoms with Crippen LogP contribution in [0.15, 0.2) is 47.5 Å². The molecule has 1 amide bonds. The molecule has 2 aliphatic rings. The molecule has 0 saturated carbocycles. The number of hydrazine groups is 1. The molecular formula is C22H27ClN6O2. The number of carbonyl (C=O) groups is 1. The van der Waals surface area contributed by atoms with Crippen LogP contribution in [-0.4, -0.2) is 50.2 Å². The number of halogens is 1. The summed E-state index contributed by atoms with van der Waals surface area (Å²) in [6.45, 7) is 2.90. The third-order valence-corrected chi connectivity index (χ3v) is 5.78. The molecule has 0 aliphatic carbocycles. The normalized spacial score (nSPS) is 22.3. The number of methoxy groups -OCH3 is 1. The van der Waals surface area contributed by atoms with Gasteiger partial charge in [0.2, 0.25) is 5.91 Å². The minimum atomic E-state index is -0.334. The standard InChI is InChI=1S/C22H27ClN6O2/c1-13-27-28-22-18(12-20(30)25-10-9-24)26-21(14-3-5-15(23)6-4-14)17-11-16(31-2)7-8-19(17)29(13)22/h3-8,11,13,18,22,27-28H,9-10,12,24H2,1-2H3,(H,25,30). The lowest BCUT2D eigenvalue weighted by atomic mass is 9.99. The summed E-state index contributed by atoms with van der Waals surface area (Å²) in [7, 11) is 1.65. The molecule has 3 atom stereocenters. The average Bonchev–Trinajstić information content (AvgIpc) is 3.10. The van der Waals surface area contributed by atoms with Gasteiger partial charge < -0.3 is 20.7 Å². The Balaban J connectivity index is 1.84. The summed E-state index contributed by atoms with van der Waals surface area (Å²) in [6.07, 6.45) is 0.0345. The Morgan fingerprint density at radius 3 is 2.74 bits per heavy atom. The number of fused-ring (bicyclic) bond motifs is 3. The van der Waals surface area contributed by atoms with Gasteiger partial charge in [-0.15, -0.1) is 0 Å². The molecule has 31 heavy (non-hydrogen) atoms. The number of nitrogens with one attached hydrogen (secondary N) is 3. The Morgan fingerprint density at radius 2 is 2.03 bits per heavy atom. The van der Waals surface area contributed by atoms with E-state index in [1.807, 2.05) is 42.5 Å². The molecule has 4 rings (SSSR count). The van der Waals surface area contributed by atoms with Crippen molar-refractivity contribution in [2.24, 2.45) is 10.7 Å². The van der Waals surface area contributed by atoms with Crippen molar-refractivity contribution < 1.29 is 9.53 Å². The van der Waals surface area contributed by atoms with Gasteiger partial charge in [0.05, 0.1) is 31.4 Å². The Morgan fingerprint density at radius 1 is 1.26 bits per heavy atom. The summed E-state index contributed by atoms with van der Waals surface area (Å²) in [6, 6.07) is 13.2. The lowest BCUT2D eigenvalue weighted by Gasteiger charge is -2.31. The number of anilines is 1. The fraction of sp³-hybridized carbons (Fsp3) is 0.364. The largest absolute Gasteiger partial charge is 0.497 e. The quantitative estimate of drug-likeness (QED) is 0.542. The van der Waals surface area contributed by atoms with Crippen LogP contribution >= 0.6 is 11.6 Å². The van der Waals surface area contributed by atoms with Crippen molar-refractivity contribution in [2.75, 3.05) is 25.1 Å². The second-order valence-electron chi connectivity index (χ2n) is 7.59. The number of nitrogens with zero attached hydrogens (tertiary/aromatic N) is 2. The van der Waals surface area contributed by atoms with Crippen molar-refractivity contribution in [1.82, 2.24) is 16.2 Å². The molecule has 2 aromatic rings. The van der Waals surface area contributed by atoms with Crippen LogP contribution in [0.25, 0.3) is 0 Å². The molecule has 9 heteroatoms. The summed E-state index contributed by atoms with van der Waals surface area (Å²) < 4.78 is 5.50. The smallest absolute Gasteiger partial charge is 0.222 e. The van der Waals surface area contributed by atoms with E-state index in [2.05, 4.69) is 28.0 Å². The summed E-state index contributed by atoms with van der Waals surface area (Å²) in [4.78, 5) is 19.9. The first-order valence-electron chi connectivity index (χ1n) is 10.3. The zero-order chi connectivity index (χ0) is 22.0. The van der Waals surface area contributed by atoms with Gasteiger partial charge in [-0.3, -0.25) is 9.79 Å². The van der Waals surface area contributed by atoms with Crippen LogP contribution in [0.3, 0.4) is 0 Å². The maximum absolute atomic E-state index is 12.6. The number of carbonyl (C=O) groups excluding carboxylic acids is 1. The van der Waals surface area contributed by atoms with Crippen LogP contribution in [0, 0.1) is 0 Å². The van der Waals surface area contributed by atoms with Crippen molar-refractivity contribution >= 4 is 28.9 Å². The van der Waals surface area contributed by atoms with Gasteiger partial charge in [0, 0.05) is 34.9 Å². The average molecular weight is 443 g/mol. The fourth-order valence-electron chi connectivity index (χ4n) is 4.06. The van der Waals surface area contributed by atoms with Crippen LogP contribution in [0.4, 0.5) is 5.69 Å². The predicted molar refractivity (Wildman–Crippen MR) is 123 cm³/mol. The summed E-state index contributed by atoms with van der Waals surface area (Å²) in [5.74, 6) is 0.656. The van der Waals surface area contributed by atoms with Gasteiger partial charge in [-0.05, 0) is 37.3 Å². The molecule has 2 heterocycles. The van der Waals surface area contributed by atoms with Gasteiger partial charge in [0.25, 0.3) is 0 Å². The third kappa shape index (κ3) is 4.38. The lowest BCUT2D eigenvalue weighted by molar-refractivity contribution is -0.121. The number of amides is 1. The number of aliphatic imine (C=N–C) groups is 1. The molecule has 5 N–H and O–H groups in total. The number of hydrogen-bond donors (Lipinski definition) is 4. The lowest BCUT2D eigenvalue weighted by Crippen LogP contribution is -2.48. The highest BCUT2D eigenvalue weighted by molar-refractivity contribution is 6.30. The highest BCUT2D eigenvalue weighted by Crippen LogP contribution is 2.36. The van der Waals surface area contributed by atoms with E-state index < -0.39 is 0 Å². The number of rotatable bonds is 6. The van der Waals surface area contributed by atoms with Gasteiger partial charge >= 0.3 is 0 Å². The summed E-state index contributed by atoms with van der Waals surface area (Å²) >= 11 is 6.12. The Hall–Kier alpha value is -2.65. The first kappa shape index (κ1) is 21.6. The number of ether oxygens (including phenoxy) is 1. The number of hydrogen-bond acceptors (Lipinski definition) is 7. The van der Waals surface area contributed by atoms with E-state index in [-0.39, 0.29) is 30.7 Å². The van der Waals surface area contributed by atoms with Crippen LogP contribution in [-0.2, 0) is 4.79 Å². The molecule has 164 valence electrons. The fourth-order valence-corrected chi connectivity index (χ4v) is 4.18. The van der Waals surface area contributed by atoms with Gasteiger partial charge in [0.1, 0.15) is 11.9 Å². The Kier molecular flexibility index (Phi) is 6.43. The maximum Gasteiger partial charge on any atom is 0.222 e. The molecule has 2 aromatic carbocycles. The first-order valence-corrected chi connectivity index (χ1v) is 10.7.